The van der Waals surface area contributed by atoms with E-state index >= 15 is 0 Å². The minimum absolute atomic E-state index is 0.0549. The molecule has 0 amide bonds. The molecular weight excluding hydrogens is 488 g/mol. The van der Waals surface area contributed by atoms with Crippen molar-refractivity contribution in [1.29, 1.82) is 0 Å². The molecule has 6 rings (SSSR count). The third-order valence-corrected chi connectivity index (χ3v) is 8.73. The number of aromatic nitrogens is 6. The van der Waals surface area contributed by atoms with Crippen LogP contribution in [0.1, 0.15) is 84.3 Å². The summed E-state index contributed by atoms with van der Waals surface area (Å²) in [7, 11) is 0. The smallest absolute Gasteiger partial charge is 0.167 e. The second kappa shape index (κ2) is 10.2. The van der Waals surface area contributed by atoms with Crippen LogP contribution in [0.15, 0.2) is 30.9 Å². The van der Waals surface area contributed by atoms with Gasteiger partial charge in [-0.2, -0.15) is 0 Å². The van der Waals surface area contributed by atoms with Gasteiger partial charge in [0.2, 0.25) is 0 Å². The molecule has 2 fully saturated rings. The normalized spacial score (nSPS) is 23.9. The van der Waals surface area contributed by atoms with Gasteiger partial charge in [0.1, 0.15) is 23.9 Å². The summed E-state index contributed by atoms with van der Waals surface area (Å²) in [6.07, 6.45) is 10.1. The van der Waals surface area contributed by atoms with E-state index in [0.717, 1.165) is 54.2 Å². The molecule has 1 saturated carbocycles. The van der Waals surface area contributed by atoms with Crippen LogP contribution in [0.2, 0.25) is 0 Å². The lowest BCUT2D eigenvalue weighted by atomic mass is 9.76. The summed E-state index contributed by atoms with van der Waals surface area (Å²) < 4.78 is 8.52. The summed E-state index contributed by atoms with van der Waals surface area (Å²) in [5.74, 6) is 2.28. The van der Waals surface area contributed by atoms with E-state index in [1.807, 2.05) is 4.57 Å². The fraction of sp³-hybridized carbons (Fsp3) is 0.600. The Morgan fingerprint density at radius 3 is 2.74 bits per heavy atom. The van der Waals surface area contributed by atoms with Crippen LogP contribution in [0.4, 0.5) is 5.82 Å². The highest BCUT2D eigenvalue weighted by molar-refractivity contribution is 5.81. The van der Waals surface area contributed by atoms with E-state index in [1.54, 1.807) is 6.33 Å². The molecule has 39 heavy (non-hydrogen) atoms. The molecule has 9 heteroatoms. The van der Waals surface area contributed by atoms with Gasteiger partial charge in [0.15, 0.2) is 11.5 Å². The number of benzene rings is 1. The summed E-state index contributed by atoms with van der Waals surface area (Å²) in [6.45, 7) is 12.3. The van der Waals surface area contributed by atoms with Crippen molar-refractivity contribution in [2.24, 2.45) is 5.92 Å². The van der Waals surface area contributed by atoms with Gasteiger partial charge in [-0.3, -0.25) is 9.47 Å². The van der Waals surface area contributed by atoms with E-state index in [-0.39, 0.29) is 17.7 Å². The van der Waals surface area contributed by atoms with Crippen LogP contribution in [0.25, 0.3) is 22.2 Å². The van der Waals surface area contributed by atoms with Crippen molar-refractivity contribution >= 4 is 28.0 Å². The van der Waals surface area contributed by atoms with Crippen LogP contribution >= 0.6 is 0 Å². The third kappa shape index (κ3) is 5.26. The molecule has 1 aliphatic carbocycles. The number of hydrogen-bond acceptors (Lipinski definition) is 7. The standard InChI is InChI=1S/C30H42N8O/c1-18(2)37(15-22-8-11-26(39-22)38-17-34-27-28(31)32-16-33-29(27)38)21-12-19(13-21)6-10-25-35-23-9-7-20(30(3,4)5)14-24(23)36-25/h7,9,14,16-19,21-22,26H,6,8,10-13,15H2,1-5H3,(H,35,36)(H2,31,32,33). The maximum absolute atomic E-state index is 6.51. The van der Waals surface area contributed by atoms with Crippen molar-refractivity contribution in [3.63, 3.8) is 0 Å². The number of imidazole rings is 2. The van der Waals surface area contributed by atoms with E-state index in [2.05, 4.69) is 77.7 Å². The van der Waals surface area contributed by atoms with Crippen LogP contribution in [0, 0.1) is 5.92 Å². The first-order valence-corrected chi connectivity index (χ1v) is 14.5. The van der Waals surface area contributed by atoms with E-state index in [0.29, 0.717) is 23.4 Å². The maximum atomic E-state index is 6.51. The molecule has 4 aromatic rings. The molecule has 3 N–H and O–H groups in total. The molecule has 3 aromatic heterocycles. The largest absolute Gasteiger partial charge is 0.382 e. The number of anilines is 1. The van der Waals surface area contributed by atoms with Gasteiger partial charge in [0, 0.05) is 25.0 Å². The number of nitrogens with zero attached hydrogens (tertiary/aromatic N) is 6. The lowest BCUT2D eigenvalue weighted by Crippen LogP contribution is -2.50. The van der Waals surface area contributed by atoms with Gasteiger partial charge >= 0.3 is 0 Å². The molecule has 2 unspecified atom stereocenters. The fourth-order valence-electron chi connectivity index (χ4n) is 6.32. The Hall–Kier alpha value is -3.04. The first kappa shape index (κ1) is 26.2. The molecule has 1 saturated heterocycles. The molecular formula is C30H42N8O. The molecule has 9 nitrogen and oxygen atoms in total. The van der Waals surface area contributed by atoms with Crippen LogP contribution < -0.4 is 5.73 Å². The van der Waals surface area contributed by atoms with Gasteiger partial charge in [0.05, 0.1) is 23.5 Å². The summed E-state index contributed by atoms with van der Waals surface area (Å²) in [6, 6.07) is 7.75. The predicted molar refractivity (Wildman–Crippen MR) is 154 cm³/mol. The van der Waals surface area contributed by atoms with Crippen LogP contribution in [-0.4, -0.2) is 59.1 Å². The van der Waals surface area contributed by atoms with Crippen molar-refractivity contribution in [2.75, 3.05) is 12.3 Å². The molecule has 1 aliphatic heterocycles. The van der Waals surface area contributed by atoms with Crippen LogP contribution in [0.5, 0.6) is 0 Å². The van der Waals surface area contributed by atoms with Gasteiger partial charge in [-0.15, -0.1) is 0 Å². The van der Waals surface area contributed by atoms with Crippen LogP contribution in [-0.2, 0) is 16.6 Å². The van der Waals surface area contributed by atoms with Crippen molar-refractivity contribution in [3.05, 3.63) is 42.2 Å². The quantitative estimate of drug-likeness (QED) is 0.315. The zero-order chi connectivity index (χ0) is 27.3. The lowest BCUT2D eigenvalue weighted by molar-refractivity contribution is -0.0393. The van der Waals surface area contributed by atoms with E-state index < -0.39 is 0 Å². The second-order valence-electron chi connectivity index (χ2n) is 12.9. The zero-order valence-electron chi connectivity index (χ0n) is 23.9. The predicted octanol–water partition coefficient (Wildman–Crippen LogP) is 5.38. The van der Waals surface area contributed by atoms with Crippen molar-refractivity contribution in [3.8, 4) is 0 Å². The molecule has 208 valence electrons. The van der Waals surface area contributed by atoms with E-state index in [1.165, 1.54) is 31.2 Å². The molecule has 0 spiro atoms. The molecule has 2 aliphatic rings. The van der Waals surface area contributed by atoms with Gasteiger partial charge < -0.3 is 15.5 Å². The number of hydrogen-bond donors (Lipinski definition) is 2. The fourth-order valence-corrected chi connectivity index (χ4v) is 6.32. The first-order chi connectivity index (χ1) is 18.7. The number of ether oxygens (including phenoxy) is 1. The SMILES string of the molecule is CC(C)N(CC1CCC(n2cnc3c(N)ncnc32)O1)C1CC(CCc2nc3ccc(C(C)(C)C)cc3[nH]2)C1. The number of nitrogen functional groups attached to an aromatic ring is 1. The highest BCUT2D eigenvalue weighted by Crippen LogP contribution is 2.38. The molecule has 1 aromatic carbocycles. The van der Waals surface area contributed by atoms with Gasteiger partial charge in [-0.1, -0.05) is 26.8 Å². The summed E-state index contributed by atoms with van der Waals surface area (Å²) >= 11 is 0. The minimum atomic E-state index is -0.0549. The Labute approximate surface area is 230 Å². The monoisotopic (exact) mass is 530 g/mol. The lowest BCUT2D eigenvalue weighted by Gasteiger charge is -2.46. The third-order valence-electron chi connectivity index (χ3n) is 8.73. The number of nitrogens with one attached hydrogen (secondary N) is 1. The molecule has 0 bridgehead atoms. The number of aromatic amines is 1. The highest BCUT2D eigenvalue weighted by Gasteiger charge is 2.37. The molecule has 2 atom stereocenters. The Bertz CT molecular complexity index is 1440. The van der Waals surface area contributed by atoms with Gasteiger partial charge in [-0.25, -0.2) is 19.9 Å². The second-order valence-corrected chi connectivity index (χ2v) is 12.9. The summed E-state index contributed by atoms with van der Waals surface area (Å²) in [4.78, 5) is 24.0. The number of nitrogens with two attached hydrogens (primary N) is 1. The average Bonchev–Trinajstić information content (AvgIpc) is 3.59. The van der Waals surface area contributed by atoms with Crippen molar-refractivity contribution < 1.29 is 4.74 Å². The Kier molecular flexibility index (Phi) is 6.83. The Morgan fingerprint density at radius 1 is 1.15 bits per heavy atom. The van der Waals surface area contributed by atoms with Gasteiger partial charge in [0.25, 0.3) is 0 Å². The summed E-state index contributed by atoms with van der Waals surface area (Å²) in [5, 5.41) is 0. The molecule has 4 heterocycles. The van der Waals surface area contributed by atoms with Crippen LogP contribution in [0.3, 0.4) is 0 Å². The number of fused-ring (bicyclic) bond motifs is 2. The first-order valence-electron chi connectivity index (χ1n) is 14.5. The van der Waals surface area contributed by atoms with Gasteiger partial charge in [-0.05, 0) is 75.0 Å². The van der Waals surface area contributed by atoms with Crippen molar-refractivity contribution in [2.45, 2.75) is 103 Å². The number of H-pyrrole nitrogens is 1. The minimum Gasteiger partial charge on any atom is -0.382 e. The molecule has 0 radical (unpaired) electrons. The van der Waals surface area contributed by atoms with E-state index in [9.17, 15) is 0 Å². The van der Waals surface area contributed by atoms with Crippen molar-refractivity contribution in [1.82, 2.24) is 34.4 Å². The number of aryl methyl sites for hydroxylation is 1. The maximum Gasteiger partial charge on any atom is 0.167 e. The number of rotatable bonds is 8. The topological polar surface area (TPSA) is 111 Å². The zero-order valence-corrected chi connectivity index (χ0v) is 23.9. The Morgan fingerprint density at radius 2 is 1.97 bits per heavy atom. The average molecular weight is 531 g/mol. The Balaban J connectivity index is 1.01. The summed E-state index contributed by atoms with van der Waals surface area (Å²) in [5.41, 5.74) is 11.1. The van der Waals surface area contributed by atoms with E-state index in [4.69, 9.17) is 15.5 Å². The highest BCUT2D eigenvalue weighted by atomic mass is 16.5.